The van der Waals surface area contributed by atoms with Crippen LogP contribution in [0.4, 0.5) is 0 Å². The van der Waals surface area contributed by atoms with Gasteiger partial charge in [-0.1, -0.05) is 54.6 Å². The first-order valence-electron chi connectivity index (χ1n) is 7.27. The van der Waals surface area contributed by atoms with Gasteiger partial charge in [-0.3, -0.25) is 4.79 Å². The molecular weight excluding hydrogens is 326 g/mol. The van der Waals surface area contributed by atoms with Crippen LogP contribution in [0.1, 0.15) is 0 Å². The summed E-state index contributed by atoms with van der Waals surface area (Å²) in [6, 6.07) is 20.3. The van der Waals surface area contributed by atoms with E-state index in [1.54, 1.807) is 12.1 Å². The van der Waals surface area contributed by atoms with Crippen LogP contribution < -0.4 is 4.72 Å². The van der Waals surface area contributed by atoms with Crippen LogP contribution in [0.2, 0.25) is 0 Å². The summed E-state index contributed by atoms with van der Waals surface area (Å²) in [6.45, 7) is -0.645. The van der Waals surface area contributed by atoms with Crippen LogP contribution in [0.5, 0.6) is 0 Å². The van der Waals surface area contributed by atoms with E-state index in [1.807, 2.05) is 47.2 Å². The van der Waals surface area contributed by atoms with E-state index >= 15 is 0 Å². The summed E-state index contributed by atoms with van der Waals surface area (Å²) >= 11 is 0. The van der Waals surface area contributed by atoms with Crippen LogP contribution in [0, 0.1) is 0 Å². The Morgan fingerprint density at radius 2 is 1.58 bits per heavy atom. The zero-order valence-corrected chi connectivity index (χ0v) is 13.5. The molecule has 5 nitrogen and oxygen atoms in total. The molecule has 0 radical (unpaired) electrons. The number of carbonyl (C=O) groups is 1. The average Bonchev–Trinajstić information content (AvgIpc) is 2.60. The number of aliphatic carboxylic acids is 1. The fourth-order valence-corrected chi connectivity index (χ4v) is 3.51. The largest absolute Gasteiger partial charge is 0.480 e. The molecule has 0 spiro atoms. The molecule has 0 aliphatic carbocycles. The molecule has 0 fully saturated rings. The number of hydrogen-bond acceptors (Lipinski definition) is 3. The van der Waals surface area contributed by atoms with Crippen LogP contribution in [-0.2, 0) is 14.8 Å². The molecule has 6 heteroatoms. The predicted octanol–water partition coefficient (Wildman–Crippen LogP) is 2.87. The number of hydrogen-bond donors (Lipinski definition) is 2. The summed E-state index contributed by atoms with van der Waals surface area (Å²) < 4.78 is 26.1. The molecule has 0 atom stereocenters. The van der Waals surface area contributed by atoms with E-state index in [-0.39, 0.29) is 4.90 Å². The lowest BCUT2D eigenvalue weighted by Gasteiger charge is -2.09. The van der Waals surface area contributed by atoms with Gasteiger partial charge in [-0.2, -0.15) is 4.72 Å². The molecule has 3 rings (SSSR count). The number of fused-ring (bicyclic) bond motifs is 1. The van der Waals surface area contributed by atoms with Crippen molar-refractivity contribution < 1.29 is 18.3 Å². The van der Waals surface area contributed by atoms with Crippen molar-refractivity contribution in [3.05, 3.63) is 66.7 Å². The van der Waals surface area contributed by atoms with Gasteiger partial charge in [0.1, 0.15) is 6.54 Å². The van der Waals surface area contributed by atoms with E-state index < -0.39 is 22.5 Å². The lowest BCUT2D eigenvalue weighted by atomic mass is 9.98. The standard InChI is InChI=1S/C18H15NO4S/c20-18(21)12-19-24(22,23)15-10-8-14(9-11-15)17-7-3-5-13-4-1-2-6-16(13)17/h1-11,19H,12H2,(H,20,21). The molecule has 24 heavy (non-hydrogen) atoms. The molecule has 0 aliphatic heterocycles. The summed E-state index contributed by atoms with van der Waals surface area (Å²) in [7, 11) is -3.83. The van der Waals surface area contributed by atoms with Gasteiger partial charge in [0, 0.05) is 0 Å². The molecule has 3 aromatic rings. The number of nitrogens with one attached hydrogen (secondary N) is 1. The van der Waals surface area contributed by atoms with Crippen LogP contribution in [-0.4, -0.2) is 26.0 Å². The molecule has 0 aromatic heterocycles. The van der Waals surface area contributed by atoms with Crippen molar-refractivity contribution in [2.75, 3.05) is 6.54 Å². The summed E-state index contributed by atoms with van der Waals surface area (Å²) in [5.74, 6) is -1.23. The fraction of sp³-hybridized carbons (Fsp3) is 0.0556. The normalized spacial score (nSPS) is 11.5. The van der Waals surface area contributed by atoms with E-state index in [9.17, 15) is 13.2 Å². The minimum Gasteiger partial charge on any atom is -0.480 e. The first-order chi connectivity index (χ1) is 11.5. The highest BCUT2D eigenvalue weighted by atomic mass is 32.2. The third-order valence-electron chi connectivity index (χ3n) is 3.68. The van der Waals surface area contributed by atoms with Gasteiger partial charge in [-0.25, -0.2) is 8.42 Å². The maximum Gasteiger partial charge on any atom is 0.318 e. The highest BCUT2D eigenvalue weighted by molar-refractivity contribution is 7.89. The van der Waals surface area contributed by atoms with E-state index in [0.717, 1.165) is 21.9 Å². The Bertz CT molecular complexity index is 990. The Kier molecular flexibility index (Phi) is 4.33. The van der Waals surface area contributed by atoms with Gasteiger partial charge in [-0.15, -0.1) is 0 Å². The Labute approximate surface area is 139 Å². The minimum absolute atomic E-state index is 0.0349. The number of sulfonamides is 1. The van der Waals surface area contributed by atoms with Gasteiger partial charge in [-0.05, 0) is 34.0 Å². The molecule has 0 unspecified atom stereocenters. The monoisotopic (exact) mass is 341 g/mol. The van der Waals surface area contributed by atoms with Gasteiger partial charge >= 0.3 is 5.97 Å². The van der Waals surface area contributed by atoms with Crippen molar-refractivity contribution in [3.63, 3.8) is 0 Å². The maximum absolute atomic E-state index is 12.0. The third kappa shape index (κ3) is 3.29. The minimum atomic E-state index is -3.83. The smallest absolute Gasteiger partial charge is 0.318 e. The van der Waals surface area contributed by atoms with E-state index in [0.29, 0.717) is 0 Å². The average molecular weight is 341 g/mol. The Morgan fingerprint density at radius 1 is 0.917 bits per heavy atom. The SMILES string of the molecule is O=C(O)CNS(=O)(=O)c1ccc(-c2cccc3ccccc23)cc1. The van der Waals surface area contributed by atoms with E-state index in [1.165, 1.54) is 12.1 Å². The van der Waals surface area contributed by atoms with E-state index in [2.05, 4.69) is 0 Å². The second-order valence-corrected chi connectivity index (χ2v) is 7.04. The Hall–Kier alpha value is -2.70. The van der Waals surface area contributed by atoms with Crippen LogP contribution in [0.25, 0.3) is 21.9 Å². The van der Waals surface area contributed by atoms with Crippen molar-refractivity contribution in [2.45, 2.75) is 4.90 Å². The van der Waals surface area contributed by atoms with Gasteiger partial charge in [0.25, 0.3) is 0 Å². The molecule has 2 N–H and O–H groups in total. The van der Waals surface area contributed by atoms with Gasteiger partial charge in [0.05, 0.1) is 4.90 Å². The van der Waals surface area contributed by atoms with Gasteiger partial charge in [0.15, 0.2) is 0 Å². The molecule has 0 saturated carbocycles. The molecular formula is C18H15NO4S. The molecule has 3 aromatic carbocycles. The van der Waals surface area contributed by atoms with Crippen molar-refractivity contribution in [2.24, 2.45) is 0 Å². The third-order valence-corrected chi connectivity index (χ3v) is 5.10. The fourth-order valence-electron chi connectivity index (χ4n) is 2.53. The second kappa shape index (κ2) is 6.43. The van der Waals surface area contributed by atoms with Crippen molar-refractivity contribution in [1.82, 2.24) is 4.72 Å². The van der Waals surface area contributed by atoms with Crippen molar-refractivity contribution in [1.29, 1.82) is 0 Å². The molecule has 0 aliphatic rings. The summed E-state index contributed by atoms with van der Waals surface area (Å²) in [5.41, 5.74) is 1.90. The zero-order valence-electron chi connectivity index (χ0n) is 12.6. The van der Waals surface area contributed by atoms with Gasteiger partial charge in [0.2, 0.25) is 10.0 Å². The Morgan fingerprint density at radius 3 is 2.29 bits per heavy atom. The first kappa shape index (κ1) is 16.2. The molecule has 0 bridgehead atoms. The number of carboxylic acids is 1. The lowest BCUT2D eigenvalue weighted by molar-refractivity contribution is -0.135. The molecule has 0 saturated heterocycles. The zero-order chi connectivity index (χ0) is 17.2. The molecule has 122 valence electrons. The topological polar surface area (TPSA) is 83.5 Å². The van der Waals surface area contributed by atoms with Crippen LogP contribution in [0.15, 0.2) is 71.6 Å². The molecule has 0 amide bonds. The highest BCUT2D eigenvalue weighted by Crippen LogP contribution is 2.29. The lowest BCUT2D eigenvalue weighted by Crippen LogP contribution is -2.29. The number of carboxylic acid groups (broad SMARTS) is 1. The first-order valence-corrected chi connectivity index (χ1v) is 8.75. The number of benzene rings is 3. The number of rotatable bonds is 5. The predicted molar refractivity (Wildman–Crippen MR) is 92.2 cm³/mol. The van der Waals surface area contributed by atoms with Crippen molar-refractivity contribution >= 4 is 26.8 Å². The molecule has 0 heterocycles. The summed E-state index contributed by atoms with van der Waals surface area (Å²) in [6.07, 6.45) is 0. The van der Waals surface area contributed by atoms with Gasteiger partial charge < -0.3 is 5.11 Å². The second-order valence-electron chi connectivity index (χ2n) is 5.27. The Balaban J connectivity index is 1.96. The van der Waals surface area contributed by atoms with Crippen molar-refractivity contribution in [3.8, 4) is 11.1 Å². The highest BCUT2D eigenvalue weighted by Gasteiger charge is 2.15. The van der Waals surface area contributed by atoms with Crippen LogP contribution >= 0.6 is 0 Å². The summed E-state index contributed by atoms with van der Waals surface area (Å²) in [5, 5.41) is 10.8. The summed E-state index contributed by atoms with van der Waals surface area (Å²) in [4.78, 5) is 10.5. The van der Waals surface area contributed by atoms with Crippen LogP contribution in [0.3, 0.4) is 0 Å². The maximum atomic E-state index is 12.0. The quantitative estimate of drug-likeness (QED) is 0.747. The van der Waals surface area contributed by atoms with E-state index in [4.69, 9.17) is 5.11 Å².